The van der Waals surface area contributed by atoms with Gasteiger partial charge in [-0.15, -0.1) is 0 Å². The molecule has 1 rings (SSSR count). The van der Waals surface area contributed by atoms with Crippen molar-refractivity contribution >= 4 is 31.9 Å². The number of halogens is 2. The summed E-state index contributed by atoms with van der Waals surface area (Å²) in [5.41, 5.74) is 0. The first kappa shape index (κ1) is 12.8. The fraction of sp³-hybridized carbons (Fsp3) is 1.00. The van der Waals surface area contributed by atoms with Crippen LogP contribution in [0.3, 0.4) is 0 Å². The molecule has 14 heavy (non-hydrogen) atoms. The van der Waals surface area contributed by atoms with Gasteiger partial charge in [-0.25, -0.2) is 0 Å². The van der Waals surface area contributed by atoms with Crippen LogP contribution in [-0.4, -0.2) is 59.7 Å². The molecule has 5 N–H and O–H groups in total. The SMILES string of the molecule is OC[C@H]1OC(O)(Br)[C@](O)(Br)[C@@H](O)[C@@H]1O. The highest BCUT2D eigenvalue weighted by atomic mass is 79.9. The Morgan fingerprint density at radius 2 is 1.71 bits per heavy atom. The van der Waals surface area contributed by atoms with E-state index in [2.05, 4.69) is 31.9 Å². The number of aliphatic hydroxyl groups excluding tert-OH is 3. The molecule has 0 saturated carbocycles. The quantitative estimate of drug-likeness (QED) is 0.362. The van der Waals surface area contributed by atoms with Gasteiger partial charge in [0.1, 0.15) is 18.3 Å². The van der Waals surface area contributed by atoms with Crippen LogP contribution in [0.5, 0.6) is 0 Å². The molecule has 1 aliphatic rings. The third-order valence-corrected chi connectivity index (χ3v) is 4.35. The van der Waals surface area contributed by atoms with Crippen LogP contribution in [0, 0.1) is 0 Å². The summed E-state index contributed by atoms with van der Waals surface area (Å²) in [6.45, 7) is -0.602. The summed E-state index contributed by atoms with van der Waals surface area (Å²) in [5.74, 6) is 0. The van der Waals surface area contributed by atoms with Gasteiger partial charge in [-0.1, -0.05) is 0 Å². The van der Waals surface area contributed by atoms with Gasteiger partial charge in [0.15, 0.2) is 0 Å². The van der Waals surface area contributed by atoms with Crippen LogP contribution in [0.25, 0.3) is 0 Å². The normalized spacial score (nSPS) is 54.6. The molecule has 6 nitrogen and oxygen atoms in total. The number of rotatable bonds is 1. The van der Waals surface area contributed by atoms with E-state index in [9.17, 15) is 20.4 Å². The third kappa shape index (κ3) is 1.85. The van der Waals surface area contributed by atoms with Crippen molar-refractivity contribution in [3.05, 3.63) is 0 Å². The van der Waals surface area contributed by atoms with E-state index in [1.807, 2.05) is 0 Å². The maximum atomic E-state index is 9.56. The molecule has 8 heteroatoms. The monoisotopic (exact) mass is 336 g/mol. The van der Waals surface area contributed by atoms with Gasteiger partial charge < -0.3 is 30.3 Å². The van der Waals surface area contributed by atoms with Crippen molar-refractivity contribution in [3.63, 3.8) is 0 Å². The molecule has 0 spiro atoms. The van der Waals surface area contributed by atoms with Gasteiger partial charge >= 0.3 is 0 Å². The van der Waals surface area contributed by atoms with Crippen molar-refractivity contribution in [2.45, 2.75) is 27.5 Å². The Hall–Kier alpha value is 0.720. The van der Waals surface area contributed by atoms with E-state index in [1.54, 1.807) is 0 Å². The topological polar surface area (TPSA) is 110 Å². The molecule has 1 unspecified atom stereocenters. The Kier molecular flexibility index (Phi) is 3.60. The number of hydrogen-bond donors (Lipinski definition) is 5. The van der Waals surface area contributed by atoms with E-state index in [-0.39, 0.29) is 0 Å². The zero-order valence-electron chi connectivity index (χ0n) is 6.84. The van der Waals surface area contributed by atoms with E-state index < -0.39 is 34.1 Å². The Morgan fingerprint density at radius 1 is 1.21 bits per heavy atom. The highest BCUT2D eigenvalue weighted by Crippen LogP contribution is 2.44. The van der Waals surface area contributed by atoms with Gasteiger partial charge in [-0.05, 0) is 31.9 Å². The zero-order valence-corrected chi connectivity index (χ0v) is 10.0. The molecular weight excluding hydrogens is 328 g/mol. The highest BCUT2D eigenvalue weighted by Gasteiger charge is 2.61. The van der Waals surface area contributed by atoms with Gasteiger partial charge in [-0.2, -0.15) is 0 Å². The largest absolute Gasteiger partial charge is 0.394 e. The Balaban J connectivity index is 2.95. The molecule has 0 aliphatic carbocycles. The number of aliphatic hydroxyl groups is 5. The second kappa shape index (κ2) is 3.95. The average molecular weight is 338 g/mol. The van der Waals surface area contributed by atoms with Crippen molar-refractivity contribution in [2.24, 2.45) is 0 Å². The number of alkyl halides is 2. The van der Waals surface area contributed by atoms with E-state index in [0.29, 0.717) is 0 Å². The molecule has 0 amide bonds. The maximum absolute atomic E-state index is 9.56. The van der Waals surface area contributed by atoms with Crippen molar-refractivity contribution in [1.29, 1.82) is 0 Å². The predicted molar refractivity (Wildman–Crippen MR) is 51.7 cm³/mol. The summed E-state index contributed by atoms with van der Waals surface area (Å²) >= 11 is 5.24. The Morgan fingerprint density at radius 3 is 2.14 bits per heavy atom. The lowest BCUT2D eigenvalue weighted by Gasteiger charge is -2.47. The molecule has 0 aromatic heterocycles. The average Bonchev–Trinajstić information content (AvgIpc) is 2.09. The fourth-order valence-electron chi connectivity index (χ4n) is 1.11. The van der Waals surface area contributed by atoms with Gasteiger partial charge in [0.05, 0.1) is 6.61 Å². The minimum absolute atomic E-state index is 0.602. The molecule has 1 heterocycles. The summed E-state index contributed by atoms with van der Waals surface area (Å²) in [6.07, 6.45) is -4.41. The number of ether oxygens (including phenoxy) is 1. The van der Waals surface area contributed by atoms with Gasteiger partial charge in [-0.3, -0.25) is 0 Å². The molecular formula is C6H10Br2O6. The van der Waals surface area contributed by atoms with Crippen LogP contribution in [0.2, 0.25) is 0 Å². The van der Waals surface area contributed by atoms with E-state index in [4.69, 9.17) is 9.84 Å². The summed E-state index contributed by atoms with van der Waals surface area (Å²) in [5, 5.41) is 46.6. The lowest BCUT2D eigenvalue weighted by molar-refractivity contribution is -0.311. The second-order valence-electron chi connectivity index (χ2n) is 3.01. The lowest BCUT2D eigenvalue weighted by Crippen LogP contribution is -2.67. The molecule has 0 aromatic carbocycles. The van der Waals surface area contributed by atoms with E-state index in [1.165, 1.54) is 0 Å². The molecule has 5 atom stereocenters. The highest BCUT2D eigenvalue weighted by molar-refractivity contribution is 9.12. The predicted octanol–water partition coefficient (Wildman–Crippen LogP) is -1.78. The molecule has 84 valence electrons. The van der Waals surface area contributed by atoms with E-state index in [0.717, 1.165) is 0 Å². The van der Waals surface area contributed by atoms with Gasteiger partial charge in [0.2, 0.25) is 4.51 Å². The minimum Gasteiger partial charge on any atom is -0.394 e. The Bertz CT molecular complexity index is 220. The molecule has 1 aliphatic heterocycles. The van der Waals surface area contributed by atoms with Crippen LogP contribution in [0.1, 0.15) is 0 Å². The van der Waals surface area contributed by atoms with Crippen LogP contribution < -0.4 is 0 Å². The van der Waals surface area contributed by atoms with Crippen LogP contribution >= 0.6 is 31.9 Å². The third-order valence-electron chi connectivity index (χ3n) is 2.02. The first-order valence-corrected chi connectivity index (χ1v) is 5.30. The molecule has 0 bridgehead atoms. The summed E-state index contributed by atoms with van der Waals surface area (Å²) in [7, 11) is 0. The summed E-state index contributed by atoms with van der Waals surface area (Å²) < 4.78 is 0.192. The molecule has 0 radical (unpaired) electrons. The smallest absolute Gasteiger partial charge is 0.267 e. The number of hydrogen-bond acceptors (Lipinski definition) is 6. The lowest BCUT2D eigenvalue weighted by atomic mass is 9.99. The van der Waals surface area contributed by atoms with Crippen LogP contribution in [0.15, 0.2) is 0 Å². The zero-order chi connectivity index (χ0) is 11.1. The first-order valence-electron chi connectivity index (χ1n) is 3.71. The summed E-state index contributed by atoms with van der Waals surface area (Å²) in [6, 6.07) is 0. The first-order chi connectivity index (χ1) is 6.24. The minimum atomic E-state index is -2.29. The molecule has 1 saturated heterocycles. The molecule has 1 fully saturated rings. The van der Waals surface area contributed by atoms with Crippen LogP contribution in [-0.2, 0) is 4.74 Å². The molecule has 0 aromatic rings. The Labute approximate surface area is 96.4 Å². The fourth-order valence-corrected chi connectivity index (χ4v) is 1.95. The van der Waals surface area contributed by atoms with Crippen molar-refractivity contribution in [1.82, 2.24) is 0 Å². The van der Waals surface area contributed by atoms with Crippen molar-refractivity contribution in [2.75, 3.05) is 6.61 Å². The van der Waals surface area contributed by atoms with E-state index >= 15 is 0 Å². The summed E-state index contributed by atoms with van der Waals surface area (Å²) in [4.78, 5) is 0. The van der Waals surface area contributed by atoms with Gasteiger partial charge in [0, 0.05) is 0 Å². The van der Waals surface area contributed by atoms with Crippen LogP contribution in [0.4, 0.5) is 0 Å². The standard InChI is InChI=1S/C6H10Br2O6/c7-5(12)4(11)3(10)2(1-9)14-6(5,8)13/h2-4,9-13H,1H2/t2-,3-,4+,5+,6?/m1/s1. The van der Waals surface area contributed by atoms with Gasteiger partial charge in [0.25, 0.3) is 4.70 Å². The van der Waals surface area contributed by atoms with Crippen molar-refractivity contribution < 1.29 is 30.3 Å². The maximum Gasteiger partial charge on any atom is 0.267 e. The second-order valence-corrected chi connectivity index (χ2v) is 5.29. The van der Waals surface area contributed by atoms with Crippen molar-refractivity contribution in [3.8, 4) is 0 Å².